The monoisotopic (exact) mass is 208 g/mol. The van der Waals surface area contributed by atoms with Crippen molar-refractivity contribution in [3.05, 3.63) is 23.8 Å². The van der Waals surface area contributed by atoms with Gasteiger partial charge in [-0.1, -0.05) is 6.07 Å². The molecule has 1 aromatic rings. The number of ether oxygens (including phenoxy) is 2. The molecule has 3 N–H and O–H groups in total. The van der Waals surface area contributed by atoms with Crippen LogP contribution in [0.4, 0.5) is 0 Å². The summed E-state index contributed by atoms with van der Waals surface area (Å²) in [5, 5.41) is 0. The maximum atomic E-state index is 5.33. The average Bonchev–Trinajstić information content (AvgIpc) is 2.72. The summed E-state index contributed by atoms with van der Waals surface area (Å²) >= 11 is 0. The molecule has 4 heteroatoms. The summed E-state index contributed by atoms with van der Waals surface area (Å²) in [6, 6.07) is 6.39. The summed E-state index contributed by atoms with van der Waals surface area (Å²) in [7, 11) is 0. The average molecular weight is 208 g/mol. The van der Waals surface area contributed by atoms with Gasteiger partial charge in [0.2, 0.25) is 6.79 Å². The standard InChI is InChI=1S/C11H16N2O2/c1-8(13-12)2-3-9-4-5-10-11(6-9)15-7-14-10/h4-6,8,13H,2-3,7,12H2,1H3/t8-/m0/s1. The van der Waals surface area contributed by atoms with E-state index in [4.69, 9.17) is 15.3 Å². The Hall–Kier alpha value is -1.26. The molecule has 0 amide bonds. The topological polar surface area (TPSA) is 56.5 Å². The zero-order valence-corrected chi connectivity index (χ0v) is 8.82. The summed E-state index contributed by atoms with van der Waals surface area (Å²) < 4.78 is 10.6. The van der Waals surface area contributed by atoms with Gasteiger partial charge in [0.25, 0.3) is 0 Å². The molecule has 0 saturated carbocycles. The third-order valence-electron chi connectivity index (χ3n) is 2.59. The van der Waals surface area contributed by atoms with Crippen LogP contribution in [-0.2, 0) is 6.42 Å². The largest absolute Gasteiger partial charge is 0.454 e. The van der Waals surface area contributed by atoms with Gasteiger partial charge in [-0.15, -0.1) is 0 Å². The van der Waals surface area contributed by atoms with Crippen molar-refractivity contribution in [2.45, 2.75) is 25.8 Å². The Bertz CT molecular complexity index is 341. The van der Waals surface area contributed by atoms with E-state index >= 15 is 0 Å². The number of hydrazine groups is 1. The van der Waals surface area contributed by atoms with Crippen LogP contribution in [0.2, 0.25) is 0 Å². The van der Waals surface area contributed by atoms with Gasteiger partial charge in [-0.05, 0) is 37.5 Å². The van der Waals surface area contributed by atoms with E-state index in [1.165, 1.54) is 5.56 Å². The van der Waals surface area contributed by atoms with Crippen molar-refractivity contribution >= 4 is 0 Å². The van der Waals surface area contributed by atoms with Crippen LogP contribution in [0.3, 0.4) is 0 Å². The highest BCUT2D eigenvalue weighted by Crippen LogP contribution is 2.32. The maximum absolute atomic E-state index is 5.33. The second-order valence-electron chi connectivity index (χ2n) is 3.79. The lowest BCUT2D eigenvalue weighted by molar-refractivity contribution is 0.174. The number of rotatable bonds is 4. The van der Waals surface area contributed by atoms with Crippen LogP contribution in [0, 0.1) is 0 Å². The Labute approximate surface area is 89.3 Å². The molecule has 1 aliphatic heterocycles. The van der Waals surface area contributed by atoms with Gasteiger partial charge in [0.15, 0.2) is 11.5 Å². The van der Waals surface area contributed by atoms with Gasteiger partial charge in [-0.3, -0.25) is 11.3 Å². The minimum absolute atomic E-state index is 0.329. The van der Waals surface area contributed by atoms with Gasteiger partial charge in [-0.2, -0.15) is 0 Å². The van der Waals surface area contributed by atoms with E-state index in [1.54, 1.807) is 0 Å². The number of nitrogens with one attached hydrogen (secondary N) is 1. The maximum Gasteiger partial charge on any atom is 0.231 e. The zero-order valence-electron chi connectivity index (χ0n) is 8.82. The van der Waals surface area contributed by atoms with Crippen LogP contribution in [0.15, 0.2) is 18.2 Å². The molecule has 0 bridgehead atoms. The molecule has 0 spiro atoms. The quantitative estimate of drug-likeness (QED) is 0.576. The molecule has 0 aliphatic carbocycles. The number of nitrogens with two attached hydrogens (primary N) is 1. The predicted octanol–water partition coefficient (Wildman–Crippen LogP) is 1.20. The first kappa shape index (κ1) is 10.3. The van der Waals surface area contributed by atoms with Crippen LogP contribution in [0.1, 0.15) is 18.9 Å². The van der Waals surface area contributed by atoms with Crippen molar-refractivity contribution in [1.29, 1.82) is 0 Å². The molecule has 15 heavy (non-hydrogen) atoms. The molecule has 0 radical (unpaired) electrons. The molecular weight excluding hydrogens is 192 g/mol. The minimum atomic E-state index is 0.329. The fourth-order valence-electron chi connectivity index (χ4n) is 1.56. The Morgan fingerprint density at radius 3 is 3.00 bits per heavy atom. The predicted molar refractivity (Wildman–Crippen MR) is 57.7 cm³/mol. The zero-order chi connectivity index (χ0) is 10.7. The minimum Gasteiger partial charge on any atom is -0.454 e. The summed E-state index contributed by atoms with van der Waals surface area (Å²) in [6.45, 7) is 2.40. The first-order valence-electron chi connectivity index (χ1n) is 5.14. The lowest BCUT2D eigenvalue weighted by atomic mass is 10.1. The lowest BCUT2D eigenvalue weighted by Gasteiger charge is -2.09. The van der Waals surface area contributed by atoms with Crippen molar-refractivity contribution in [3.8, 4) is 11.5 Å². The number of fused-ring (bicyclic) bond motifs is 1. The van der Waals surface area contributed by atoms with Crippen molar-refractivity contribution in [1.82, 2.24) is 5.43 Å². The van der Waals surface area contributed by atoms with Crippen LogP contribution in [-0.4, -0.2) is 12.8 Å². The number of aryl methyl sites for hydroxylation is 1. The third kappa shape index (κ3) is 2.40. The van der Waals surface area contributed by atoms with Gasteiger partial charge in [0.05, 0.1) is 0 Å². The van der Waals surface area contributed by atoms with Gasteiger partial charge in [0.1, 0.15) is 0 Å². The van der Waals surface area contributed by atoms with Gasteiger partial charge in [-0.25, -0.2) is 0 Å². The van der Waals surface area contributed by atoms with E-state index in [0.717, 1.165) is 24.3 Å². The molecule has 1 heterocycles. The summed E-state index contributed by atoms with van der Waals surface area (Å²) in [6.07, 6.45) is 2.00. The van der Waals surface area contributed by atoms with Crippen molar-refractivity contribution in [2.24, 2.45) is 5.84 Å². The summed E-state index contributed by atoms with van der Waals surface area (Å²) in [4.78, 5) is 0. The summed E-state index contributed by atoms with van der Waals surface area (Å²) in [5.74, 6) is 7.02. The number of hydrogen-bond acceptors (Lipinski definition) is 4. The Kier molecular flexibility index (Phi) is 3.08. The SMILES string of the molecule is C[C@@H](CCc1ccc2c(c1)OCO2)NN. The van der Waals surface area contributed by atoms with Crippen molar-refractivity contribution < 1.29 is 9.47 Å². The Balaban J connectivity index is 1.98. The molecule has 0 fully saturated rings. The van der Waals surface area contributed by atoms with Crippen LogP contribution in [0.5, 0.6) is 11.5 Å². The fourth-order valence-corrected chi connectivity index (χ4v) is 1.56. The molecule has 0 saturated heterocycles. The van der Waals surface area contributed by atoms with E-state index in [1.807, 2.05) is 12.1 Å². The van der Waals surface area contributed by atoms with E-state index < -0.39 is 0 Å². The molecule has 2 rings (SSSR count). The highest BCUT2D eigenvalue weighted by molar-refractivity contribution is 5.44. The third-order valence-corrected chi connectivity index (χ3v) is 2.59. The van der Waals surface area contributed by atoms with E-state index in [0.29, 0.717) is 12.8 Å². The van der Waals surface area contributed by atoms with E-state index in [9.17, 15) is 0 Å². The van der Waals surface area contributed by atoms with E-state index in [-0.39, 0.29) is 0 Å². The Morgan fingerprint density at radius 2 is 2.20 bits per heavy atom. The fraction of sp³-hybridized carbons (Fsp3) is 0.455. The molecule has 1 aromatic carbocycles. The van der Waals surface area contributed by atoms with Gasteiger partial charge >= 0.3 is 0 Å². The Morgan fingerprint density at radius 1 is 1.40 bits per heavy atom. The van der Waals surface area contributed by atoms with Crippen LogP contribution >= 0.6 is 0 Å². The lowest BCUT2D eigenvalue weighted by Crippen LogP contribution is -2.32. The molecular formula is C11H16N2O2. The highest BCUT2D eigenvalue weighted by atomic mass is 16.7. The number of hydrogen-bond donors (Lipinski definition) is 2. The first-order valence-corrected chi connectivity index (χ1v) is 5.14. The molecule has 1 atom stereocenters. The second-order valence-corrected chi connectivity index (χ2v) is 3.79. The molecule has 82 valence electrons. The number of benzene rings is 1. The molecule has 0 aromatic heterocycles. The molecule has 4 nitrogen and oxygen atoms in total. The van der Waals surface area contributed by atoms with Gasteiger partial charge in [0, 0.05) is 6.04 Å². The van der Waals surface area contributed by atoms with Gasteiger partial charge < -0.3 is 9.47 Å². The van der Waals surface area contributed by atoms with E-state index in [2.05, 4.69) is 18.4 Å². The van der Waals surface area contributed by atoms with Crippen LogP contribution in [0.25, 0.3) is 0 Å². The highest BCUT2D eigenvalue weighted by Gasteiger charge is 2.13. The second kappa shape index (κ2) is 4.51. The normalized spacial score (nSPS) is 15.3. The smallest absolute Gasteiger partial charge is 0.231 e. The molecule has 0 unspecified atom stereocenters. The first-order chi connectivity index (χ1) is 7.29. The summed E-state index contributed by atoms with van der Waals surface area (Å²) in [5.41, 5.74) is 3.98. The van der Waals surface area contributed by atoms with Crippen LogP contribution < -0.4 is 20.7 Å². The van der Waals surface area contributed by atoms with Crippen molar-refractivity contribution in [2.75, 3.05) is 6.79 Å². The van der Waals surface area contributed by atoms with Crippen molar-refractivity contribution in [3.63, 3.8) is 0 Å². The molecule has 1 aliphatic rings.